The fourth-order valence-corrected chi connectivity index (χ4v) is 16.5. The average Bonchev–Trinajstić information content (AvgIpc) is 1.53. The Labute approximate surface area is 499 Å². The zero-order valence-electron chi connectivity index (χ0n) is 45.6. The molecule has 10 aromatic rings. The van der Waals surface area contributed by atoms with Gasteiger partial charge in [-0.15, -0.1) is 45.3 Å². The molecule has 0 saturated heterocycles. The summed E-state index contributed by atoms with van der Waals surface area (Å²) in [5.74, 6) is -33.5. The number of thiophene rings is 4. The third-order valence-electron chi connectivity index (χ3n) is 16.5. The fourth-order valence-electron chi connectivity index (χ4n) is 12.3. The number of imide groups is 1. The largest absolute Gasteiger partial charge is 0.380 e. The van der Waals surface area contributed by atoms with E-state index >= 15 is 52.7 Å². The number of carbonyl (C=O) groups is 2. The first-order chi connectivity index (χ1) is 40.7. The molecule has 0 spiro atoms. The van der Waals surface area contributed by atoms with Crippen molar-refractivity contribution in [3.05, 3.63) is 210 Å². The van der Waals surface area contributed by atoms with Crippen LogP contribution in [0.3, 0.4) is 0 Å². The lowest BCUT2D eigenvalue weighted by Crippen LogP contribution is -2.48. The number of allylic oxidation sites excluding steroid dienone is 4. The van der Waals surface area contributed by atoms with Crippen molar-refractivity contribution in [1.82, 2.24) is 9.80 Å². The van der Waals surface area contributed by atoms with Gasteiger partial charge in [-0.05, 0) is 103 Å². The lowest BCUT2D eigenvalue weighted by atomic mass is 9.93. The Bertz CT molecular complexity index is 4270. The van der Waals surface area contributed by atoms with Gasteiger partial charge in [0.2, 0.25) is 0 Å². The van der Waals surface area contributed by atoms with Gasteiger partial charge in [-0.1, -0.05) is 109 Å². The summed E-state index contributed by atoms with van der Waals surface area (Å²) in [6.45, 7) is 6.15. The second kappa shape index (κ2) is 20.1. The van der Waals surface area contributed by atoms with Crippen LogP contribution in [-0.2, 0) is 13.1 Å². The second-order valence-electron chi connectivity index (χ2n) is 21.7. The number of benzene rings is 6. The van der Waals surface area contributed by atoms with Crippen molar-refractivity contribution in [3.8, 4) is 20.9 Å². The van der Waals surface area contributed by atoms with E-state index in [9.17, 15) is 9.59 Å². The Balaban J connectivity index is 0.817. The molecule has 0 fully saturated rings. The van der Waals surface area contributed by atoms with E-state index in [1.165, 1.54) is 69.0 Å². The molecule has 0 bridgehead atoms. The molecular formula is C66H44F12N2O2S4. The van der Waals surface area contributed by atoms with E-state index in [1.807, 2.05) is 17.0 Å². The van der Waals surface area contributed by atoms with Crippen LogP contribution >= 0.6 is 45.3 Å². The standard InChI is InChI=1S/C66H44F12N2O2S4/c1-33-46(55-57(63(71,72)65(75,76)61(55,67)68)52-35(3)85-48-17-7-5-13-42(48)52)29-50(83-33)39-23-19-37(20-24-39)31-79(27-28-80-59(81)44-15-9-11-41-12-10-16-45(54(41)44)60(80)82)32-38-21-25-40(26-22-38)51-30-47(34(2)84-51)56-58(64(73,74)66(77,78)62(56,69)70)53-36(4)86-49-18-8-6-14-43(49)53/h5-26,29-30H,27-28,31-32H2,1-4H3. The maximum Gasteiger partial charge on any atom is 0.380 e. The van der Waals surface area contributed by atoms with E-state index in [0.29, 0.717) is 57.9 Å². The zero-order chi connectivity index (χ0) is 60.9. The van der Waals surface area contributed by atoms with E-state index in [0.717, 1.165) is 50.7 Å². The molecule has 0 radical (unpaired) electrons. The monoisotopic (exact) mass is 1250 g/mol. The van der Waals surface area contributed by atoms with Gasteiger partial charge < -0.3 is 0 Å². The van der Waals surface area contributed by atoms with E-state index in [2.05, 4.69) is 0 Å². The Hall–Kier alpha value is -7.36. The van der Waals surface area contributed by atoms with Crippen LogP contribution in [-0.4, -0.2) is 70.2 Å². The minimum absolute atomic E-state index is 0.0599. The molecule has 5 heterocycles. The normalized spacial score (nSPS) is 18.3. The molecule has 1 aliphatic heterocycles. The summed E-state index contributed by atoms with van der Waals surface area (Å²) < 4.78 is 192. The highest BCUT2D eigenvalue weighted by atomic mass is 32.1. The fraction of sp³-hybridized carbons (Fsp3) is 0.212. The SMILES string of the molecule is Cc1sc(-c2ccc(CN(CCN3C(=O)c4cccc5cccc(c45)C3=O)Cc3ccc(-c4cc(C5=C(c6c(C)sc7ccccc67)C(F)(F)C(F)(F)C5(F)F)c(C)s4)cc3)cc2)cc1C1=C(c2c(C)sc3ccccc23)C(F)(F)C(F)(F)C1(F)F. The zero-order valence-corrected chi connectivity index (χ0v) is 48.8. The van der Waals surface area contributed by atoms with Crippen LogP contribution in [0.4, 0.5) is 52.7 Å². The molecule has 86 heavy (non-hydrogen) atoms. The molecule has 3 aliphatic rings. The summed E-state index contributed by atoms with van der Waals surface area (Å²) >= 11 is 4.04. The van der Waals surface area contributed by atoms with E-state index in [-0.39, 0.29) is 67.6 Å². The number of alkyl halides is 12. The van der Waals surface area contributed by atoms with E-state index in [4.69, 9.17) is 0 Å². The van der Waals surface area contributed by atoms with Crippen molar-refractivity contribution < 1.29 is 62.3 Å². The molecule has 438 valence electrons. The molecule has 0 N–H and O–H groups in total. The second-order valence-corrected chi connectivity index (χ2v) is 26.8. The molecule has 2 aliphatic carbocycles. The first-order valence-corrected chi connectivity index (χ1v) is 30.2. The lowest BCUT2D eigenvalue weighted by Gasteiger charge is -2.30. The Morgan fingerprint density at radius 1 is 0.419 bits per heavy atom. The van der Waals surface area contributed by atoms with E-state index < -0.39 is 80.8 Å². The Morgan fingerprint density at radius 2 is 0.802 bits per heavy atom. The van der Waals surface area contributed by atoms with Gasteiger partial charge in [0.25, 0.3) is 11.8 Å². The Morgan fingerprint density at radius 3 is 1.21 bits per heavy atom. The third kappa shape index (κ3) is 8.46. The van der Waals surface area contributed by atoms with Crippen molar-refractivity contribution in [3.63, 3.8) is 0 Å². The van der Waals surface area contributed by atoms with Gasteiger partial charge in [0.05, 0.1) is 0 Å². The molecule has 4 aromatic heterocycles. The van der Waals surface area contributed by atoms with Gasteiger partial charge in [0, 0.05) is 126 Å². The topological polar surface area (TPSA) is 40.6 Å². The van der Waals surface area contributed by atoms with Crippen LogP contribution in [0, 0.1) is 27.7 Å². The predicted molar refractivity (Wildman–Crippen MR) is 319 cm³/mol. The molecule has 20 heteroatoms. The number of rotatable bonds is 13. The highest BCUT2D eigenvalue weighted by Gasteiger charge is 2.82. The average molecular weight is 1250 g/mol. The van der Waals surface area contributed by atoms with Crippen molar-refractivity contribution in [2.24, 2.45) is 0 Å². The van der Waals surface area contributed by atoms with Crippen molar-refractivity contribution >= 4 is 110 Å². The quantitative estimate of drug-likeness (QED) is 0.0853. The van der Waals surface area contributed by atoms with Gasteiger partial charge in [-0.2, -0.15) is 52.7 Å². The molecule has 0 saturated carbocycles. The minimum Gasteiger partial charge on any atom is -0.293 e. The molecular weight excluding hydrogens is 1210 g/mol. The number of halogens is 12. The van der Waals surface area contributed by atoms with E-state index in [1.54, 1.807) is 97.1 Å². The van der Waals surface area contributed by atoms with Crippen LogP contribution in [0.2, 0.25) is 0 Å². The Kier molecular flexibility index (Phi) is 13.5. The summed E-state index contributed by atoms with van der Waals surface area (Å²) in [6.07, 6.45) is 0. The van der Waals surface area contributed by atoms with Crippen molar-refractivity contribution in [2.75, 3.05) is 13.1 Å². The maximum atomic E-state index is 16.1. The van der Waals surface area contributed by atoms with Crippen molar-refractivity contribution in [1.29, 1.82) is 0 Å². The van der Waals surface area contributed by atoms with Crippen LogP contribution in [0.15, 0.2) is 146 Å². The minimum atomic E-state index is -5.75. The lowest BCUT2D eigenvalue weighted by molar-refractivity contribution is -0.254. The number of carbonyl (C=O) groups excluding carboxylic acids is 2. The summed E-state index contributed by atoms with van der Waals surface area (Å²) in [5.41, 5.74) is -4.20. The van der Waals surface area contributed by atoms with Crippen LogP contribution < -0.4 is 0 Å². The number of hydrogen-bond donors (Lipinski definition) is 0. The van der Waals surface area contributed by atoms with Crippen molar-refractivity contribution in [2.45, 2.75) is 76.3 Å². The molecule has 2 amide bonds. The molecule has 0 unspecified atom stereocenters. The highest BCUT2D eigenvalue weighted by Crippen LogP contribution is 2.68. The van der Waals surface area contributed by atoms with Gasteiger partial charge in [0.1, 0.15) is 0 Å². The predicted octanol–water partition coefficient (Wildman–Crippen LogP) is 19.9. The number of amides is 2. The summed E-state index contributed by atoms with van der Waals surface area (Å²) in [7, 11) is 0. The maximum absolute atomic E-state index is 16.1. The van der Waals surface area contributed by atoms with Crippen LogP contribution in [0.1, 0.15) is 73.6 Å². The van der Waals surface area contributed by atoms with Crippen LogP contribution in [0.25, 0.3) is 74.1 Å². The summed E-state index contributed by atoms with van der Waals surface area (Å²) in [4.78, 5) is 32.5. The smallest absolute Gasteiger partial charge is 0.293 e. The number of aryl methyl sites for hydroxylation is 4. The summed E-state index contributed by atoms with van der Waals surface area (Å²) in [5, 5.41) is 1.59. The highest BCUT2D eigenvalue weighted by molar-refractivity contribution is 7.19. The third-order valence-corrected chi connectivity index (χ3v) is 20.9. The molecule has 6 aromatic carbocycles. The number of hydrogen-bond acceptors (Lipinski definition) is 7. The number of fused-ring (bicyclic) bond motifs is 2. The molecule has 4 nitrogen and oxygen atoms in total. The van der Waals surface area contributed by atoms with Gasteiger partial charge >= 0.3 is 35.5 Å². The van der Waals surface area contributed by atoms with Gasteiger partial charge in [-0.25, -0.2) is 0 Å². The first kappa shape index (κ1) is 57.7. The number of nitrogens with zero attached hydrogens (tertiary/aromatic N) is 2. The molecule has 0 atom stereocenters. The summed E-state index contributed by atoms with van der Waals surface area (Å²) in [6, 6.07) is 39.0. The molecule has 13 rings (SSSR count). The van der Waals surface area contributed by atoms with Gasteiger partial charge in [-0.3, -0.25) is 19.4 Å². The van der Waals surface area contributed by atoms with Crippen LogP contribution in [0.5, 0.6) is 0 Å². The first-order valence-electron chi connectivity index (χ1n) is 26.9. The van der Waals surface area contributed by atoms with Gasteiger partial charge in [0.15, 0.2) is 0 Å².